The fourth-order valence-electron chi connectivity index (χ4n) is 8.32. The normalized spacial score (nSPS) is 12.1. The Morgan fingerprint density at radius 2 is 0.870 bits per heavy atom. The van der Waals surface area contributed by atoms with Gasteiger partial charge in [0.15, 0.2) is 8.07 Å². The molecule has 0 spiro atoms. The number of nitrogens with zero attached hydrogens (tertiary/aromatic N) is 2. The van der Waals surface area contributed by atoms with E-state index in [4.69, 9.17) is 9.72 Å². The van der Waals surface area contributed by atoms with E-state index in [9.17, 15) is 0 Å². The Hall–Kier alpha value is -6.75. The van der Waals surface area contributed by atoms with E-state index in [1.54, 1.807) is 0 Å². The number of para-hydroxylation sites is 2. The van der Waals surface area contributed by atoms with Gasteiger partial charge < -0.3 is 4.74 Å². The standard InChI is InChI=1S/C50H36N2OSi/c1-4-15-36(16-5-1)38-19-12-24-44(32-38)54(43-22-8-3-9-23-43,45-25-13-20-39(33-45)37-17-6-2-7-18-37)46-26-14-21-40(34-46)41-29-30-48-42(31-41)35-53-50-51-47-27-10-11-28-49(47)52(48)50/h1-34H,35H2. The predicted molar refractivity (Wildman–Crippen MR) is 225 cm³/mol. The van der Waals surface area contributed by atoms with E-state index in [0.717, 1.165) is 22.3 Å². The average molecular weight is 709 g/mol. The van der Waals surface area contributed by atoms with Crippen LogP contribution in [0.4, 0.5) is 0 Å². The van der Waals surface area contributed by atoms with Crippen LogP contribution in [0.3, 0.4) is 0 Å². The molecule has 0 saturated heterocycles. The first-order valence-corrected chi connectivity index (χ1v) is 20.5. The Morgan fingerprint density at radius 1 is 0.407 bits per heavy atom. The highest BCUT2D eigenvalue weighted by Gasteiger charge is 2.42. The number of ether oxygens (including phenoxy) is 1. The molecule has 256 valence electrons. The predicted octanol–water partition coefficient (Wildman–Crippen LogP) is 9.30. The van der Waals surface area contributed by atoms with Crippen LogP contribution in [0.15, 0.2) is 206 Å². The maximum absolute atomic E-state index is 6.23. The minimum Gasteiger partial charge on any atom is -0.459 e. The number of rotatable bonds is 7. The monoisotopic (exact) mass is 708 g/mol. The molecular weight excluding hydrogens is 673 g/mol. The van der Waals surface area contributed by atoms with E-state index >= 15 is 0 Å². The molecule has 1 aliphatic rings. The van der Waals surface area contributed by atoms with Crippen molar-refractivity contribution in [1.82, 2.24) is 9.55 Å². The first-order valence-electron chi connectivity index (χ1n) is 18.5. The maximum atomic E-state index is 6.23. The molecule has 0 saturated carbocycles. The lowest BCUT2D eigenvalue weighted by atomic mass is 10.0. The quantitative estimate of drug-likeness (QED) is 0.122. The SMILES string of the molecule is c1ccc(-c2cccc([Si](c3ccccc3)(c3cccc(-c4ccccc4)c3)c3cccc(-c4ccc5c(c4)COc4nc6ccccc6n4-5)c3)c2)cc1. The first kappa shape index (κ1) is 31.9. The molecule has 0 aliphatic carbocycles. The number of aromatic nitrogens is 2. The molecule has 0 bridgehead atoms. The van der Waals surface area contributed by atoms with Crippen LogP contribution in [0.25, 0.3) is 50.1 Å². The largest absolute Gasteiger partial charge is 0.459 e. The van der Waals surface area contributed by atoms with E-state index in [0.29, 0.717) is 12.6 Å². The molecule has 0 radical (unpaired) electrons. The summed E-state index contributed by atoms with van der Waals surface area (Å²) in [6.07, 6.45) is 0. The summed E-state index contributed by atoms with van der Waals surface area (Å²) in [4.78, 5) is 4.75. The van der Waals surface area contributed by atoms with Gasteiger partial charge in [-0.05, 0) is 78.4 Å². The summed E-state index contributed by atoms with van der Waals surface area (Å²) in [6, 6.07) is 76.2. The van der Waals surface area contributed by atoms with Gasteiger partial charge in [-0.2, -0.15) is 4.98 Å². The van der Waals surface area contributed by atoms with Gasteiger partial charge in [-0.3, -0.25) is 4.57 Å². The molecule has 10 rings (SSSR count). The van der Waals surface area contributed by atoms with Crippen molar-refractivity contribution in [2.75, 3.05) is 0 Å². The zero-order valence-corrected chi connectivity index (χ0v) is 30.6. The highest BCUT2D eigenvalue weighted by molar-refractivity contribution is 7.20. The zero-order valence-electron chi connectivity index (χ0n) is 29.6. The third kappa shape index (κ3) is 5.39. The highest BCUT2D eigenvalue weighted by atomic mass is 28.3. The second-order valence-corrected chi connectivity index (χ2v) is 17.8. The fraction of sp³-hybridized carbons (Fsp3) is 0.0200. The second kappa shape index (κ2) is 13.3. The lowest BCUT2D eigenvalue weighted by molar-refractivity contribution is 0.266. The Kier molecular flexibility index (Phi) is 7.89. The van der Waals surface area contributed by atoms with Gasteiger partial charge in [0.25, 0.3) is 0 Å². The molecule has 8 aromatic carbocycles. The van der Waals surface area contributed by atoms with Gasteiger partial charge in [0, 0.05) is 5.56 Å². The molecule has 0 unspecified atom stereocenters. The summed E-state index contributed by atoms with van der Waals surface area (Å²) < 4.78 is 8.37. The summed E-state index contributed by atoms with van der Waals surface area (Å²) in [5, 5.41) is 5.36. The van der Waals surface area contributed by atoms with Crippen molar-refractivity contribution in [3.63, 3.8) is 0 Å². The molecule has 0 N–H and O–H groups in total. The lowest BCUT2D eigenvalue weighted by Gasteiger charge is -2.35. The lowest BCUT2D eigenvalue weighted by Crippen LogP contribution is -2.74. The molecule has 0 amide bonds. The number of benzene rings is 8. The second-order valence-electron chi connectivity index (χ2n) is 13.9. The fourth-order valence-corrected chi connectivity index (χ4v) is 13.2. The Labute approximate surface area is 316 Å². The third-order valence-corrected chi connectivity index (χ3v) is 15.6. The van der Waals surface area contributed by atoms with Crippen LogP contribution in [0.5, 0.6) is 6.01 Å². The molecule has 4 heteroatoms. The van der Waals surface area contributed by atoms with Crippen molar-refractivity contribution in [1.29, 1.82) is 0 Å². The Balaban J connectivity index is 1.19. The summed E-state index contributed by atoms with van der Waals surface area (Å²) in [6.45, 7) is 0.480. The van der Waals surface area contributed by atoms with Crippen LogP contribution in [-0.4, -0.2) is 17.6 Å². The molecule has 9 aromatic rings. The third-order valence-electron chi connectivity index (χ3n) is 10.8. The highest BCUT2D eigenvalue weighted by Crippen LogP contribution is 2.35. The van der Waals surface area contributed by atoms with E-state index in [2.05, 4.69) is 199 Å². The van der Waals surface area contributed by atoms with Crippen molar-refractivity contribution >= 4 is 39.9 Å². The van der Waals surface area contributed by atoms with Crippen molar-refractivity contribution in [3.8, 4) is 45.1 Å². The van der Waals surface area contributed by atoms with Crippen LogP contribution >= 0.6 is 0 Å². The summed E-state index contributed by atoms with van der Waals surface area (Å²) >= 11 is 0. The summed E-state index contributed by atoms with van der Waals surface area (Å²) in [5.41, 5.74) is 11.5. The van der Waals surface area contributed by atoms with Crippen molar-refractivity contribution in [2.45, 2.75) is 6.61 Å². The topological polar surface area (TPSA) is 27.1 Å². The maximum Gasteiger partial charge on any atom is 0.302 e. The van der Waals surface area contributed by atoms with Crippen molar-refractivity contribution in [2.24, 2.45) is 0 Å². The molecule has 1 aliphatic heterocycles. The van der Waals surface area contributed by atoms with Gasteiger partial charge in [0.05, 0.1) is 16.7 Å². The van der Waals surface area contributed by atoms with Crippen molar-refractivity contribution in [3.05, 3.63) is 212 Å². The minimum absolute atomic E-state index is 0.480. The molecule has 0 atom stereocenters. The van der Waals surface area contributed by atoms with Gasteiger partial charge in [-0.15, -0.1) is 0 Å². The number of hydrogen-bond donors (Lipinski definition) is 0. The van der Waals surface area contributed by atoms with E-state index < -0.39 is 8.07 Å². The number of imidazole rings is 1. The van der Waals surface area contributed by atoms with Gasteiger partial charge in [0.2, 0.25) is 0 Å². The Bertz CT molecular complexity index is 2690. The Morgan fingerprint density at radius 3 is 1.46 bits per heavy atom. The molecular formula is C50H36N2OSi. The number of fused-ring (bicyclic) bond motifs is 5. The molecule has 3 nitrogen and oxygen atoms in total. The smallest absolute Gasteiger partial charge is 0.302 e. The van der Waals surface area contributed by atoms with Crippen molar-refractivity contribution < 1.29 is 4.74 Å². The van der Waals surface area contributed by atoms with Crippen LogP contribution < -0.4 is 25.5 Å². The van der Waals surface area contributed by atoms with Crippen LogP contribution in [0, 0.1) is 0 Å². The van der Waals surface area contributed by atoms with Gasteiger partial charge >= 0.3 is 6.01 Å². The first-order chi connectivity index (χ1) is 26.8. The van der Waals surface area contributed by atoms with Crippen LogP contribution in [-0.2, 0) is 6.61 Å². The van der Waals surface area contributed by atoms with Gasteiger partial charge in [0.1, 0.15) is 6.61 Å². The van der Waals surface area contributed by atoms with Gasteiger partial charge in [-0.25, -0.2) is 0 Å². The summed E-state index contributed by atoms with van der Waals surface area (Å²) in [7, 11) is -2.93. The average Bonchev–Trinajstić information content (AvgIpc) is 3.65. The molecule has 2 heterocycles. The van der Waals surface area contributed by atoms with E-state index in [1.807, 2.05) is 12.1 Å². The van der Waals surface area contributed by atoms with Crippen LogP contribution in [0.2, 0.25) is 0 Å². The molecule has 0 fully saturated rings. The molecule has 1 aromatic heterocycles. The molecule has 54 heavy (non-hydrogen) atoms. The van der Waals surface area contributed by atoms with Gasteiger partial charge in [-0.1, -0.05) is 182 Å². The summed E-state index contributed by atoms with van der Waals surface area (Å²) in [5.74, 6) is 0. The minimum atomic E-state index is -2.93. The van der Waals surface area contributed by atoms with E-state index in [-0.39, 0.29) is 0 Å². The van der Waals surface area contributed by atoms with Crippen LogP contribution in [0.1, 0.15) is 5.56 Å². The number of hydrogen-bond acceptors (Lipinski definition) is 2. The zero-order chi connectivity index (χ0) is 35.9. The van der Waals surface area contributed by atoms with E-state index in [1.165, 1.54) is 54.1 Å².